The van der Waals surface area contributed by atoms with E-state index in [2.05, 4.69) is 41.1 Å². The van der Waals surface area contributed by atoms with Crippen LogP contribution in [0.4, 0.5) is 4.39 Å². The average Bonchev–Trinajstić information content (AvgIpc) is 2.91. The van der Waals surface area contributed by atoms with Crippen LogP contribution in [-0.2, 0) is 0 Å². The number of hydrogen-bond acceptors (Lipinski definition) is 5. The summed E-state index contributed by atoms with van der Waals surface area (Å²) < 4.78 is 21.0. The Morgan fingerprint density at radius 1 is 1.22 bits per heavy atom. The van der Waals surface area contributed by atoms with Crippen molar-refractivity contribution in [2.24, 2.45) is 5.41 Å². The lowest BCUT2D eigenvalue weighted by atomic mass is 9.74. The Balaban J connectivity index is 1.30. The first kappa shape index (κ1) is 27.2. The summed E-state index contributed by atoms with van der Waals surface area (Å²) in [5, 5.41) is 11.3. The molecule has 1 aliphatic rings. The number of aliphatic hydroxyl groups is 1. The fraction of sp³-hybridized carbons (Fsp3) is 0.483. The number of alkyl halides is 1. The summed E-state index contributed by atoms with van der Waals surface area (Å²) in [5.41, 5.74) is 2.27. The number of halogens is 2. The zero-order valence-corrected chi connectivity index (χ0v) is 22.8. The third kappa shape index (κ3) is 6.52. The van der Waals surface area contributed by atoms with Crippen molar-refractivity contribution in [1.29, 1.82) is 0 Å². The van der Waals surface area contributed by atoms with Crippen molar-refractivity contribution < 1.29 is 14.2 Å². The van der Waals surface area contributed by atoms with Crippen molar-refractivity contribution in [3.05, 3.63) is 64.8 Å². The topological polar surface area (TPSA) is 45.6 Å². The quantitative estimate of drug-likeness (QED) is 0.209. The van der Waals surface area contributed by atoms with Gasteiger partial charge in [-0.05, 0) is 99.7 Å². The SMILES string of the molecule is COc1ccc2ncc(Cl)c([C@@H](F)CCC3(CO)CCN(CCCSc4ccccc4C)CC3)c2c1. The highest BCUT2D eigenvalue weighted by molar-refractivity contribution is 7.99. The minimum Gasteiger partial charge on any atom is -0.497 e. The van der Waals surface area contributed by atoms with Crippen LogP contribution in [0.25, 0.3) is 10.9 Å². The number of thioether (sulfide) groups is 1. The highest BCUT2D eigenvalue weighted by Crippen LogP contribution is 2.42. The van der Waals surface area contributed by atoms with Crippen LogP contribution in [0, 0.1) is 12.3 Å². The number of aromatic nitrogens is 1. The lowest BCUT2D eigenvalue weighted by Gasteiger charge is -2.41. The fourth-order valence-electron chi connectivity index (χ4n) is 5.12. The summed E-state index contributed by atoms with van der Waals surface area (Å²) in [5.74, 6) is 1.75. The Bertz CT molecular complexity index is 1150. The van der Waals surface area contributed by atoms with E-state index in [1.165, 1.54) is 16.7 Å². The number of rotatable bonds is 11. The molecule has 1 aliphatic heterocycles. The fourth-order valence-corrected chi connectivity index (χ4v) is 6.35. The minimum absolute atomic E-state index is 0.0926. The number of nitrogens with zero attached hydrogens (tertiary/aromatic N) is 2. The predicted octanol–water partition coefficient (Wildman–Crippen LogP) is 7.25. The zero-order valence-electron chi connectivity index (χ0n) is 21.2. The van der Waals surface area contributed by atoms with E-state index in [0.717, 1.165) is 44.6 Å². The van der Waals surface area contributed by atoms with Gasteiger partial charge in [0.1, 0.15) is 11.9 Å². The van der Waals surface area contributed by atoms with Crippen LogP contribution in [0.1, 0.15) is 49.4 Å². The molecule has 4 rings (SSSR count). The summed E-state index contributed by atoms with van der Waals surface area (Å²) in [4.78, 5) is 8.18. The molecule has 3 aromatic rings. The number of fused-ring (bicyclic) bond motifs is 1. The van der Waals surface area contributed by atoms with Crippen LogP contribution in [-0.4, -0.2) is 54.1 Å². The average molecular weight is 531 g/mol. The van der Waals surface area contributed by atoms with E-state index in [9.17, 15) is 5.11 Å². The Morgan fingerprint density at radius 3 is 2.72 bits per heavy atom. The molecule has 1 aromatic heterocycles. The maximum absolute atomic E-state index is 15.6. The largest absolute Gasteiger partial charge is 0.497 e. The lowest BCUT2D eigenvalue weighted by molar-refractivity contribution is 0.0304. The van der Waals surface area contributed by atoms with Crippen molar-refractivity contribution in [2.45, 2.75) is 50.1 Å². The lowest BCUT2D eigenvalue weighted by Crippen LogP contribution is -2.42. The molecule has 1 N–H and O–H groups in total. The number of ether oxygens (including phenoxy) is 1. The van der Waals surface area contributed by atoms with Gasteiger partial charge in [0.15, 0.2) is 0 Å². The van der Waals surface area contributed by atoms with E-state index in [0.29, 0.717) is 40.1 Å². The van der Waals surface area contributed by atoms with Crippen LogP contribution in [0.5, 0.6) is 5.75 Å². The summed E-state index contributed by atoms with van der Waals surface area (Å²) in [7, 11) is 1.59. The van der Waals surface area contributed by atoms with Gasteiger partial charge in [-0.1, -0.05) is 29.8 Å². The van der Waals surface area contributed by atoms with Gasteiger partial charge in [0.05, 0.1) is 17.6 Å². The van der Waals surface area contributed by atoms with Gasteiger partial charge in [0.25, 0.3) is 0 Å². The first-order chi connectivity index (χ1) is 17.4. The first-order valence-corrected chi connectivity index (χ1v) is 14.1. The van der Waals surface area contributed by atoms with Crippen LogP contribution in [0.2, 0.25) is 5.02 Å². The molecule has 2 aromatic carbocycles. The van der Waals surface area contributed by atoms with Gasteiger partial charge in [0, 0.05) is 28.6 Å². The highest BCUT2D eigenvalue weighted by Gasteiger charge is 2.35. The van der Waals surface area contributed by atoms with Crippen LogP contribution >= 0.6 is 23.4 Å². The summed E-state index contributed by atoms with van der Waals surface area (Å²) in [6, 6.07) is 14.0. The number of likely N-dealkylation sites (tertiary alicyclic amines) is 1. The molecule has 0 radical (unpaired) electrons. The molecule has 0 unspecified atom stereocenters. The van der Waals surface area contributed by atoms with Crippen LogP contribution in [0.3, 0.4) is 0 Å². The minimum atomic E-state index is -1.23. The van der Waals surface area contributed by atoms with Crippen molar-refractivity contribution in [3.63, 3.8) is 0 Å². The van der Waals surface area contributed by atoms with E-state index in [4.69, 9.17) is 16.3 Å². The van der Waals surface area contributed by atoms with Gasteiger partial charge in [-0.25, -0.2) is 4.39 Å². The standard InChI is InChI=1S/C29H36ClFN2O2S/c1-21-6-3-4-7-27(21)36-17-5-14-33-15-12-29(20-34,13-16-33)11-10-25(31)28-23-18-22(35-2)8-9-26(23)32-19-24(28)30/h3-4,6-9,18-19,25,34H,5,10-17,20H2,1-2H3/t25-/m0/s1. The normalized spacial score (nSPS) is 16.8. The van der Waals surface area contributed by atoms with Crippen molar-refractivity contribution >= 4 is 34.3 Å². The number of pyridine rings is 1. The number of hydrogen-bond donors (Lipinski definition) is 1. The Hall–Kier alpha value is -1.86. The van der Waals surface area contributed by atoms with Gasteiger partial charge in [0.2, 0.25) is 0 Å². The molecule has 1 fully saturated rings. The molecule has 0 amide bonds. The molecule has 1 atom stereocenters. The monoisotopic (exact) mass is 530 g/mol. The molecule has 36 heavy (non-hydrogen) atoms. The van der Waals surface area contributed by atoms with Crippen molar-refractivity contribution in [1.82, 2.24) is 9.88 Å². The molecule has 0 spiro atoms. The molecular weight excluding hydrogens is 495 g/mol. The maximum Gasteiger partial charge on any atom is 0.127 e. The summed E-state index contributed by atoms with van der Waals surface area (Å²) >= 11 is 8.33. The summed E-state index contributed by atoms with van der Waals surface area (Å²) in [6.07, 6.45) is 4.16. The maximum atomic E-state index is 15.6. The van der Waals surface area contributed by atoms with E-state index < -0.39 is 6.17 Å². The van der Waals surface area contributed by atoms with Crippen molar-refractivity contribution in [3.8, 4) is 5.75 Å². The van der Waals surface area contributed by atoms with Gasteiger partial charge < -0.3 is 14.7 Å². The molecule has 194 valence electrons. The van der Waals surface area contributed by atoms with E-state index in [1.54, 1.807) is 13.2 Å². The molecule has 2 heterocycles. The highest BCUT2D eigenvalue weighted by atomic mass is 35.5. The predicted molar refractivity (Wildman–Crippen MR) is 148 cm³/mol. The first-order valence-electron chi connectivity index (χ1n) is 12.7. The van der Waals surface area contributed by atoms with Gasteiger partial charge >= 0.3 is 0 Å². The molecule has 0 saturated carbocycles. The zero-order chi connectivity index (χ0) is 25.5. The Morgan fingerprint density at radius 2 is 2.00 bits per heavy atom. The van der Waals surface area contributed by atoms with E-state index >= 15 is 4.39 Å². The molecule has 0 aliphatic carbocycles. The number of aliphatic hydroxyl groups excluding tert-OH is 1. The molecule has 7 heteroatoms. The second kappa shape index (κ2) is 12.6. The molecular formula is C29H36ClFN2O2S. The number of aryl methyl sites for hydroxylation is 1. The second-order valence-corrected chi connectivity index (χ2v) is 11.4. The smallest absolute Gasteiger partial charge is 0.127 e. The van der Waals surface area contributed by atoms with E-state index in [1.807, 2.05) is 23.9 Å². The number of methoxy groups -OCH3 is 1. The third-order valence-corrected chi connectivity index (χ3v) is 9.09. The molecule has 0 bridgehead atoms. The Labute approximate surface area is 223 Å². The number of benzene rings is 2. The molecule has 1 saturated heterocycles. The number of piperidine rings is 1. The van der Waals surface area contributed by atoms with Gasteiger partial charge in [-0.15, -0.1) is 11.8 Å². The molecule has 4 nitrogen and oxygen atoms in total. The summed E-state index contributed by atoms with van der Waals surface area (Å²) in [6.45, 7) is 5.21. The Kier molecular flexibility index (Phi) is 9.51. The van der Waals surface area contributed by atoms with Crippen LogP contribution < -0.4 is 4.74 Å². The van der Waals surface area contributed by atoms with Crippen molar-refractivity contribution in [2.75, 3.05) is 39.1 Å². The van der Waals surface area contributed by atoms with Crippen LogP contribution in [0.15, 0.2) is 53.6 Å². The second-order valence-electron chi connectivity index (χ2n) is 9.88. The third-order valence-electron chi connectivity index (χ3n) is 7.53. The van der Waals surface area contributed by atoms with E-state index in [-0.39, 0.29) is 12.0 Å². The van der Waals surface area contributed by atoms with Gasteiger partial charge in [-0.3, -0.25) is 4.98 Å². The van der Waals surface area contributed by atoms with Gasteiger partial charge in [-0.2, -0.15) is 0 Å².